The van der Waals surface area contributed by atoms with E-state index in [4.69, 9.17) is 4.74 Å². The molecule has 0 spiro atoms. The van der Waals surface area contributed by atoms with E-state index in [-0.39, 0.29) is 5.91 Å². The van der Waals surface area contributed by atoms with Gasteiger partial charge in [-0.2, -0.15) is 0 Å². The van der Waals surface area contributed by atoms with Gasteiger partial charge in [-0.05, 0) is 55.8 Å². The molecular formula is C21H24N6O2. The van der Waals surface area contributed by atoms with Crippen molar-refractivity contribution in [2.45, 2.75) is 20.0 Å². The molecule has 8 nitrogen and oxygen atoms in total. The van der Waals surface area contributed by atoms with E-state index in [1.54, 1.807) is 13.1 Å². The van der Waals surface area contributed by atoms with Gasteiger partial charge in [0.2, 0.25) is 0 Å². The summed E-state index contributed by atoms with van der Waals surface area (Å²) in [6, 6.07) is 16.7. The summed E-state index contributed by atoms with van der Waals surface area (Å²) in [5.74, 6) is 2.43. The number of anilines is 3. The highest BCUT2D eigenvalue weighted by molar-refractivity contribution is 5.80. The van der Waals surface area contributed by atoms with Crippen molar-refractivity contribution in [3.05, 3.63) is 66.4 Å². The topological polar surface area (TPSA) is 101 Å². The second-order valence-electron chi connectivity index (χ2n) is 6.44. The number of hydrogen-bond donors (Lipinski definition) is 3. The van der Waals surface area contributed by atoms with Crippen molar-refractivity contribution >= 4 is 23.4 Å². The first-order valence-electron chi connectivity index (χ1n) is 9.37. The SMILES string of the molecule is Cc1ccnc(Nc2ccc(NCCNC(=O)C(C)Oc3ccccc3)nn2)c1. The van der Waals surface area contributed by atoms with Crippen LogP contribution in [0.4, 0.5) is 17.5 Å². The second-order valence-corrected chi connectivity index (χ2v) is 6.44. The Morgan fingerprint density at radius 2 is 1.76 bits per heavy atom. The quantitative estimate of drug-likeness (QED) is 0.481. The number of ether oxygens (including phenoxy) is 1. The zero-order valence-electron chi connectivity index (χ0n) is 16.4. The molecule has 0 bridgehead atoms. The first kappa shape index (κ1) is 20.1. The predicted molar refractivity (Wildman–Crippen MR) is 112 cm³/mol. The number of pyridine rings is 1. The lowest BCUT2D eigenvalue weighted by Crippen LogP contribution is -2.38. The Kier molecular flexibility index (Phi) is 6.94. The number of aryl methyl sites for hydroxylation is 1. The number of carbonyl (C=O) groups excluding carboxylic acids is 1. The van der Waals surface area contributed by atoms with Crippen LogP contribution in [0.3, 0.4) is 0 Å². The number of nitrogens with one attached hydrogen (secondary N) is 3. The van der Waals surface area contributed by atoms with Gasteiger partial charge in [-0.1, -0.05) is 18.2 Å². The molecule has 3 rings (SSSR count). The van der Waals surface area contributed by atoms with E-state index in [2.05, 4.69) is 31.1 Å². The summed E-state index contributed by atoms with van der Waals surface area (Å²) in [6.45, 7) is 4.68. The van der Waals surface area contributed by atoms with Crippen molar-refractivity contribution in [2.75, 3.05) is 23.7 Å². The minimum atomic E-state index is -0.571. The van der Waals surface area contributed by atoms with E-state index >= 15 is 0 Å². The van der Waals surface area contributed by atoms with Crippen molar-refractivity contribution in [2.24, 2.45) is 0 Å². The van der Waals surface area contributed by atoms with Crippen molar-refractivity contribution in [3.8, 4) is 5.75 Å². The molecule has 1 amide bonds. The summed E-state index contributed by atoms with van der Waals surface area (Å²) < 4.78 is 5.59. The van der Waals surface area contributed by atoms with Crippen molar-refractivity contribution in [3.63, 3.8) is 0 Å². The summed E-state index contributed by atoms with van der Waals surface area (Å²) in [6.07, 6.45) is 1.17. The Morgan fingerprint density at radius 1 is 1.00 bits per heavy atom. The van der Waals surface area contributed by atoms with Crippen molar-refractivity contribution in [1.82, 2.24) is 20.5 Å². The first-order valence-corrected chi connectivity index (χ1v) is 9.37. The van der Waals surface area contributed by atoms with E-state index in [1.807, 2.05) is 61.5 Å². The Morgan fingerprint density at radius 3 is 2.48 bits per heavy atom. The molecule has 3 N–H and O–H groups in total. The van der Waals surface area contributed by atoms with Crippen LogP contribution in [0, 0.1) is 6.92 Å². The number of carbonyl (C=O) groups is 1. The number of hydrogen-bond acceptors (Lipinski definition) is 7. The van der Waals surface area contributed by atoms with Gasteiger partial charge in [0.05, 0.1) is 0 Å². The summed E-state index contributed by atoms with van der Waals surface area (Å²) in [5.41, 5.74) is 1.11. The van der Waals surface area contributed by atoms with E-state index in [0.29, 0.717) is 30.5 Å². The van der Waals surface area contributed by atoms with Crippen LogP contribution in [0.5, 0.6) is 5.75 Å². The van der Waals surface area contributed by atoms with Crippen LogP contribution < -0.4 is 20.7 Å². The number of nitrogens with zero attached hydrogens (tertiary/aromatic N) is 3. The number of aromatic nitrogens is 3. The van der Waals surface area contributed by atoms with Gasteiger partial charge < -0.3 is 20.7 Å². The first-order chi connectivity index (χ1) is 14.1. The molecule has 2 aromatic heterocycles. The average molecular weight is 392 g/mol. The van der Waals surface area contributed by atoms with Gasteiger partial charge in [0.25, 0.3) is 5.91 Å². The molecule has 3 aromatic rings. The van der Waals surface area contributed by atoms with E-state index in [1.165, 1.54) is 0 Å². The standard InChI is InChI=1S/C21H24N6O2/c1-15-10-11-22-20(14-15)25-19-9-8-18(26-27-19)23-12-13-24-21(28)16(2)29-17-6-4-3-5-7-17/h3-11,14,16H,12-13H2,1-2H3,(H,23,26)(H,24,28)(H,22,25,27). The van der Waals surface area contributed by atoms with Crippen LogP contribution in [0.25, 0.3) is 0 Å². The second kappa shape index (κ2) is 10.0. The van der Waals surface area contributed by atoms with E-state index < -0.39 is 6.10 Å². The fourth-order valence-electron chi connectivity index (χ4n) is 2.51. The van der Waals surface area contributed by atoms with Crippen LogP contribution in [0.1, 0.15) is 12.5 Å². The minimum Gasteiger partial charge on any atom is -0.481 e. The van der Waals surface area contributed by atoms with Gasteiger partial charge >= 0.3 is 0 Å². The van der Waals surface area contributed by atoms with E-state index in [9.17, 15) is 4.79 Å². The Balaban J connectivity index is 1.38. The molecule has 0 saturated heterocycles. The summed E-state index contributed by atoms with van der Waals surface area (Å²) in [5, 5.41) is 17.3. The molecule has 29 heavy (non-hydrogen) atoms. The lowest BCUT2D eigenvalue weighted by Gasteiger charge is -2.14. The predicted octanol–water partition coefficient (Wildman–Crippen LogP) is 2.92. The smallest absolute Gasteiger partial charge is 0.260 e. The lowest BCUT2D eigenvalue weighted by atomic mass is 10.3. The molecule has 0 aliphatic carbocycles. The van der Waals surface area contributed by atoms with Crippen LogP contribution in [-0.2, 0) is 4.79 Å². The van der Waals surface area contributed by atoms with Crippen LogP contribution in [-0.4, -0.2) is 40.3 Å². The fraction of sp³-hybridized carbons (Fsp3) is 0.238. The zero-order chi connectivity index (χ0) is 20.5. The molecule has 0 fully saturated rings. The normalized spacial score (nSPS) is 11.4. The minimum absolute atomic E-state index is 0.174. The number of benzene rings is 1. The molecule has 150 valence electrons. The molecular weight excluding hydrogens is 368 g/mol. The molecule has 2 heterocycles. The lowest BCUT2D eigenvalue weighted by molar-refractivity contribution is -0.127. The maximum atomic E-state index is 12.1. The Hall–Kier alpha value is -3.68. The molecule has 1 aromatic carbocycles. The third-order valence-corrected chi connectivity index (χ3v) is 3.99. The van der Waals surface area contributed by atoms with Gasteiger partial charge in [0, 0.05) is 19.3 Å². The van der Waals surface area contributed by atoms with Gasteiger partial charge in [-0.3, -0.25) is 4.79 Å². The number of amides is 1. The highest BCUT2D eigenvalue weighted by Gasteiger charge is 2.13. The van der Waals surface area contributed by atoms with Crippen molar-refractivity contribution in [1.29, 1.82) is 0 Å². The van der Waals surface area contributed by atoms with Crippen LogP contribution >= 0.6 is 0 Å². The monoisotopic (exact) mass is 392 g/mol. The maximum Gasteiger partial charge on any atom is 0.260 e. The number of para-hydroxylation sites is 1. The molecule has 1 unspecified atom stereocenters. The largest absolute Gasteiger partial charge is 0.481 e. The summed E-state index contributed by atoms with van der Waals surface area (Å²) in [4.78, 5) is 16.3. The van der Waals surface area contributed by atoms with Gasteiger partial charge in [-0.25, -0.2) is 4.98 Å². The molecule has 8 heteroatoms. The Labute approximate surface area is 169 Å². The van der Waals surface area contributed by atoms with Gasteiger partial charge in [0.15, 0.2) is 11.9 Å². The fourth-order valence-corrected chi connectivity index (χ4v) is 2.51. The molecule has 0 aliphatic rings. The van der Waals surface area contributed by atoms with Crippen LogP contribution in [0.2, 0.25) is 0 Å². The average Bonchev–Trinajstić information content (AvgIpc) is 2.73. The molecule has 1 atom stereocenters. The molecule has 0 saturated carbocycles. The summed E-state index contributed by atoms with van der Waals surface area (Å²) in [7, 11) is 0. The zero-order valence-corrected chi connectivity index (χ0v) is 16.4. The van der Waals surface area contributed by atoms with Gasteiger partial charge in [0.1, 0.15) is 17.4 Å². The highest BCUT2D eigenvalue weighted by atomic mass is 16.5. The highest BCUT2D eigenvalue weighted by Crippen LogP contribution is 2.13. The molecule has 0 radical (unpaired) electrons. The summed E-state index contributed by atoms with van der Waals surface area (Å²) >= 11 is 0. The van der Waals surface area contributed by atoms with E-state index in [0.717, 1.165) is 11.4 Å². The third-order valence-electron chi connectivity index (χ3n) is 3.99. The van der Waals surface area contributed by atoms with Gasteiger partial charge in [-0.15, -0.1) is 10.2 Å². The Bertz CT molecular complexity index is 918. The molecule has 0 aliphatic heterocycles. The van der Waals surface area contributed by atoms with Crippen molar-refractivity contribution < 1.29 is 9.53 Å². The number of rotatable bonds is 9. The third kappa shape index (κ3) is 6.46. The van der Waals surface area contributed by atoms with Crippen LogP contribution in [0.15, 0.2) is 60.8 Å². The maximum absolute atomic E-state index is 12.1.